The van der Waals surface area contributed by atoms with E-state index in [2.05, 4.69) is 18.9 Å². The molecule has 3 heteroatoms. The van der Waals surface area contributed by atoms with E-state index in [1.165, 1.54) is 38.5 Å². The van der Waals surface area contributed by atoms with Gasteiger partial charge in [0.05, 0.1) is 4.99 Å². The molecule has 94 valence electrons. The summed E-state index contributed by atoms with van der Waals surface area (Å²) in [6.07, 6.45) is 10.3. The van der Waals surface area contributed by atoms with E-state index < -0.39 is 0 Å². The van der Waals surface area contributed by atoms with Gasteiger partial charge in [0.25, 0.3) is 0 Å². The molecule has 0 spiro atoms. The van der Waals surface area contributed by atoms with Crippen molar-refractivity contribution in [2.24, 2.45) is 5.73 Å². The molecule has 1 atom stereocenters. The van der Waals surface area contributed by atoms with Crippen molar-refractivity contribution in [1.82, 2.24) is 4.90 Å². The monoisotopic (exact) mass is 242 g/mol. The molecular weight excluding hydrogens is 216 g/mol. The average Bonchev–Trinajstić information content (AvgIpc) is 2.53. The Labute approximate surface area is 106 Å². The van der Waals surface area contributed by atoms with Crippen LogP contribution in [-0.2, 0) is 0 Å². The highest BCUT2D eigenvalue weighted by atomic mass is 32.1. The lowest BCUT2D eigenvalue weighted by Gasteiger charge is -2.34. The maximum atomic E-state index is 5.67. The van der Waals surface area contributed by atoms with Gasteiger partial charge in [0.1, 0.15) is 0 Å². The summed E-state index contributed by atoms with van der Waals surface area (Å²) in [5.74, 6) is 0. The molecule has 0 aromatic rings. The molecule has 1 rings (SSSR count). The van der Waals surface area contributed by atoms with Gasteiger partial charge in [0.2, 0.25) is 0 Å². The Balaban J connectivity index is 2.50. The summed E-state index contributed by atoms with van der Waals surface area (Å²) in [6.45, 7) is 2.23. The molecule has 2 nitrogen and oxygen atoms in total. The highest BCUT2D eigenvalue weighted by Crippen LogP contribution is 2.23. The van der Waals surface area contributed by atoms with Crippen LogP contribution in [0.4, 0.5) is 0 Å². The van der Waals surface area contributed by atoms with Crippen LogP contribution in [-0.4, -0.2) is 29.0 Å². The predicted octanol–water partition coefficient (Wildman–Crippen LogP) is 3.10. The SMILES string of the molecule is CCC(CC(N)=S)N(C)C1CCCCCC1. The lowest BCUT2D eigenvalue weighted by Crippen LogP contribution is -2.41. The zero-order valence-electron chi connectivity index (χ0n) is 10.7. The highest BCUT2D eigenvalue weighted by molar-refractivity contribution is 7.80. The minimum atomic E-state index is 0.542. The van der Waals surface area contributed by atoms with E-state index in [0.29, 0.717) is 11.0 Å². The Morgan fingerprint density at radius 2 is 1.88 bits per heavy atom. The fraction of sp³-hybridized carbons (Fsp3) is 0.923. The number of nitrogens with two attached hydrogens (primary N) is 1. The molecule has 0 aromatic carbocycles. The largest absolute Gasteiger partial charge is 0.393 e. The van der Waals surface area contributed by atoms with Gasteiger partial charge in [-0.25, -0.2) is 0 Å². The number of rotatable bonds is 5. The van der Waals surface area contributed by atoms with Gasteiger partial charge in [-0.2, -0.15) is 0 Å². The van der Waals surface area contributed by atoms with Gasteiger partial charge in [-0.1, -0.05) is 44.8 Å². The van der Waals surface area contributed by atoms with E-state index >= 15 is 0 Å². The van der Waals surface area contributed by atoms with Gasteiger partial charge in [-0.15, -0.1) is 0 Å². The first kappa shape index (κ1) is 13.9. The fourth-order valence-corrected chi connectivity index (χ4v) is 2.96. The van der Waals surface area contributed by atoms with Crippen LogP contribution in [0.2, 0.25) is 0 Å². The van der Waals surface area contributed by atoms with E-state index in [9.17, 15) is 0 Å². The summed E-state index contributed by atoms with van der Waals surface area (Å²) >= 11 is 5.04. The maximum absolute atomic E-state index is 5.67. The smallest absolute Gasteiger partial charge is 0.0743 e. The van der Waals surface area contributed by atoms with Gasteiger partial charge < -0.3 is 10.6 Å². The zero-order valence-corrected chi connectivity index (χ0v) is 11.6. The molecule has 2 N–H and O–H groups in total. The Morgan fingerprint density at radius 3 is 2.31 bits per heavy atom. The van der Waals surface area contributed by atoms with Crippen molar-refractivity contribution in [3.63, 3.8) is 0 Å². The molecule has 0 saturated heterocycles. The average molecular weight is 242 g/mol. The summed E-state index contributed by atoms with van der Waals surface area (Å²) in [7, 11) is 2.25. The van der Waals surface area contributed by atoms with Crippen LogP contribution >= 0.6 is 12.2 Å². The van der Waals surface area contributed by atoms with E-state index in [1.54, 1.807) is 0 Å². The summed E-state index contributed by atoms with van der Waals surface area (Å²) in [6, 6.07) is 1.29. The van der Waals surface area contributed by atoms with Gasteiger partial charge in [-0.3, -0.25) is 0 Å². The standard InChI is InChI=1S/C13H26N2S/c1-3-11(10-13(14)16)15(2)12-8-6-4-5-7-9-12/h11-12H,3-10H2,1-2H3,(H2,14,16). The van der Waals surface area contributed by atoms with Crippen LogP contribution in [0.1, 0.15) is 58.3 Å². The molecule has 1 aliphatic rings. The van der Waals surface area contributed by atoms with Crippen molar-refractivity contribution in [1.29, 1.82) is 0 Å². The molecule has 0 aromatic heterocycles. The topological polar surface area (TPSA) is 29.3 Å². The summed E-state index contributed by atoms with van der Waals surface area (Å²) in [4.78, 5) is 3.19. The van der Waals surface area contributed by atoms with E-state index in [1.807, 2.05) is 0 Å². The molecule has 1 unspecified atom stereocenters. The van der Waals surface area contributed by atoms with Crippen LogP contribution in [0.15, 0.2) is 0 Å². The third-order valence-electron chi connectivity index (χ3n) is 3.88. The minimum absolute atomic E-state index is 0.542. The predicted molar refractivity (Wildman–Crippen MR) is 74.7 cm³/mol. The van der Waals surface area contributed by atoms with Crippen LogP contribution in [0.5, 0.6) is 0 Å². The molecule has 0 bridgehead atoms. The molecule has 0 aliphatic heterocycles. The zero-order chi connectivity index (χ0) is 12.0. The number of nitrogens with zero attached hydrogens (tertiary/aromatic N) is 1. The normalized spacial score (nSPS) is 20.7. The van der Waals surface area contributed by atoms with E-state index in [-0.39, 0.29) is 0 Å². The lowest BCUT2D eigenvalue weighted by atomic mass is 10.0. The van der Waals surface area contributed by atoms with E-state index in [4.69, 9.17) is 18.0 Å². The molecule has 16 heavy (non-hydrogen) atoms. The van der Waals surface area contributed by atoms with Crippen LogP contribution in [0.25, 0.3) is 0 Å². The van der Waals surface area contributed by atoms with Crippen LogP contribution in [0.3, 0.4) is 0 Å². The first-order valence-electron chi connectivity index (χ1n) is 6.65. The minimum Gasteiger partial charge on any atom is -0.393 e. The van der Waals surface area contributed by atoms with Crippen molar-refractivity contribution in [3.8, 4) is 0 Å². The Kier molecular flexibility index (Phi) is 6.29. The quantitative estimate of drug-likeness (QED) is 0.593. The van der Waals surface area contributed by atoms with Crippen molar-refractivity contribution in [2.75, 3.05) is 7.05 Å². The second kappa shape index (κ2) is 7.23. The van der Waals surface area contributed by atoms with Crippen molar-refractivity contribution in [2.45, 2.75) is 70.4 Å². The molecular formula is C13H26N2S. The van der Waals surface area contributed by atoms with E-state index in [0.717, 1.165) is 18.9 Å². The molecule has 0 amide bonds. The van der Waals surface area contributed by atoms with Gasteiger partial charge >= 0.3 is 0 Å². The second-order valence-electron chi connectivity index (χ2n) is 5.04. The Morgan fingerprint density at radius 1 is 1.31 bits per heavy atom. The first-order valence-corrected chi connectivity index (χ1v) is 7.06. The number of thiocarbonyl (C=S) groups is 1. The third-order valence-corrected chi connectivity index (χ3v) is 4.05. The lowest BCUT2D eigenvalue weighted by molar-refractivity contribution is 0.157. The highest BCUT2D eigenvalue weighted by Gasteiger charge is 2.22. The Hall–Kier alpha value is -0.150. The van der Waals surface area contributed by atoms with Crippen LogP contribution < -0.4 is 5.73 Å². The molecule has 0 radical (unpaired) electrons. The van der Waals surface area contributed by atoms with Crippen LogP contribution in [0, 0.1) is 0 Å². The molecule has 1 aliphatic carbocycles. The Bertz CT molecular complexity index is 210. The summed E-state index contributed by atoms with van der Waals surface area (Å²) < 4.78 is 0. The summed E-state index contributed by atoms with van der Waals surface area (Å²) in [5, 5.41) is 0. The summed E-state index contributed by atoms with van der Waals surface area (Å²) in [5.41, 5.74) is 5.67. The number of hydrogen-bond acceptors (Lipinski definition) is 2. The maximum Gasteiger partial charge on any atom is 0.0743 e. The fourth-order valence-electron chi connectivity index (χ4n) is 2.77. The van der Waals surface area contributed by atoms with Gasteiger partial charge in [-0.05, 0) is 26.3 Å². The molecule has 0 heterocycles. The van der Waals surface area contributed by atoms with Gasteiger partial charge in [0.15, 0.2) is 0 Å². The first-order chi connectivity index (χ1) is 7.65. The van der Waals surface area contributed by atoms with Crippen molar-refractivity contribution < 1.29 is 0 Å². The molecule has 1 saturated carbocycles. The van der Waals surface area contributed by atoms with Crippen molar-refractivity contribution in [3.05, 3.63) is 0 Å². The second-order valence-corrected chi connectivity index (χ2v) is 5.57. The molecule has 1 fully saturated rings. The van der Waals surface area contributed by atoms with Gasteiger partial charge in [0, 0.05) is 18.5 Å². The number of hydrogen-bond donors (Lipinski definition) is 1. The third kappa shape index (κ3) is 4.38. The van der Waals surface area contributed by atoms with Crippen molar-refractivity contribution >= 4 is 17.2 Å².